The number of ether oxygens (including phenoxy) is 1. The second-order valence-corrected chi connectivity index (χ2v) is 13.7. The zero-order valence-electron chi connectivity index (χ0n) is 28.1. The van der Waals surface area contributed by atoms with Gasteiger partial charge in [0.05, 0.1) is 0 Å². The van der Waals surface area contributed by atoms with Gasteiger partial charge in [-0.25, -0.2) is 4.79 Å². The van der Waals surface area contributed by atoms with E-state index in [4.69, 9.17) is 4.74 Å². The first-order valence-electron chi connectivity index (χ1n) is 16.1. The Labute approximate surface area is 273 Å². The summed E-state index contributed by atoms with van der Waals surface area (Å²) in [4.78, 5) is 43.7. The molecule has 8 heteroatoms. The lowest BCUT2D eigenvalue weighted by molar-refractivity contribution is -0.141. The first-order chi connectivity index (χ1) is 21.4. The van der Waals surface area contributed by atoms with Crippen molar-refractivity contribution < 1.29 is 19.1 Å². The Kier molecular flexibility index (Phi) is 13.8. The minimum absolute atomic E-state index is 0.285. The van der Waals surface area contributed by atoms with E-state index in [0.717, 1.165) is 59.6 Å². The number of nitrogens with one attached hydrogen (secondary N) is 2. The molecular weight excluding hydrogens is 582 g/mol. The molecule has 2 unspecified atom stereocenters. The van der Waals surface area contributed by atoms with Crippen LogP contribution in [0.2, 0.25) is 0 Å². The van der Waals surface area contributed by atoms with Gasteiger partial charge in [0.2, 0.25) is 5.91 Å². The lowest BCUT2D eigenvalue weighted by Gasteiger charge is -2.36. The van der Waals surface area contributed by atoms with Gasteiger partial charge in [-0.3, -0.25) is 9.59 Å². The standard InChI is InChI=1S/C37H51N3O4S/c1-8-9-10-11-14-23-40(35(42)31(22-24-45-7)39-36(43)44-37(4,5)6)33(32-26(2)16-15-17-27(32)3)34(41)38-30-21-20-28-18-12-13-19-29(28)25-30/h12-13,15-21,25,31,33H,8-11,14,22-24H2,1-7H3,(H,38,41)(H,39,43). The maximum atomic E-state index is 14.6. The molecule has 0 heterocycles. The van der Waals surface area contributed by atoms with E-state index in [1.807, 2.05) is 80.8 Å². The Balaban J connectivity index is 2.07. The van der Waals surface area contributed by atoms with Crippen LogP contribution in [0, 0.1) is 13.8 Å². The highest BCUT2D eigenvalue weighted by Gasteiger charge is 2.37. The van der Waals surface area contributed by atoms with Crippen LogP contribution < -0.4 is 10.6 Å². The van der Waals surface area contributed by atoms with Crippen LogP contribution >= 0.6 is 11.8 Å². The number of rotatable bonds is 15. The van der Waals surface area contributed by atoms with Crippen LogP contribution in [0.25, 0.3) is 10.8 Å². The lowest BCUT2D eigenvalue weighted by Crippen LogP contribution is -2.53. The van der Waals surface area contributed by atoms with E-state index >= 15 is 0 Å². The first kappa shape index (κ1) is 36.0. The third-order valence-electron chi connectivity index (χ3n) is 7.78. The van der Waals surface area contributed by atoms with Gasteiger partial charge < -0.3 is 20.3 Å². The van der Waals surface area contributed by atoms with Gasteiger partial charge in [-0.2, -0.15) is 11.8 Å². The second kappa shape index (κ2) is 17.2. The SMILES string of the molecule is CCCCCCCN(C(=O)C(CCSC)NC(=O)OC(C)(C)C)C(C(=O)Nc1ccc2ccccc2c1)c1c(C)cccc1C. The van der Waals surface area contributed by atoms with E-state index in [1.165, 1.54) is 0 Å². The fourth-order valence-electron chi connectivity index (χ4n) is 5.56. The van der Waals surface area contributed by atoms with Crippen LogP contribution in [-0.2, 0) is 14.3 Å². The molecule has 3 rings (SSSR count). The predicted molar refractivity (Wildman–Crippen MR) is 188 cm³/mol. The van der Waals surface area contributed by atoms with Gasteiger partial charge in [0.25, 0.3) is 5.91 Å². The molecule has 3 amide bonds. The summed E-state index contributed by atoms with van der Waals surface area (Å²) in [7, 11) is 0. The van der Waals surface area contributed by atoms with Crippen LogP contribution in [0.1, 0.15) is 89.0 Å². The molecule has 0 aliphatic heterocycles. The molecule has 3 aromatic rings. The van der Waals surface area contributed by atoms with Crippen molar-refractivity contribution in [3.8, 4) is 0 Å². The van der Waals surface area contributed by atoms with Crippen LogP contribution in [0.15, 0.2) is 60.7 Å². The van der Waals surface area contributed by atoms with Crippen LogP contribution in [0.4, 0.5) is 10.5 Å². The number of fused-ring (bicyclic) bond motifs is 1. The Morgan fingerprint density at radius 2 is 1.56 bits per heavy atom. The topological polar surface area (TPSA) is 87.7 Å². The van der Waals surface area contributed by atoms with Crippen molar-refractivity contribution in [2.24, 2.45) is 0 Å². The van der Waals surface area contributed by atoms with E-state index in [9.17, 15) is 14.4 Å². The molecule has 7 nitrogen and oxygen atoms in total. The Morgan fingerprint density at radius 3 is 2.20 bits per heavy atom. The van der Waals surface area contributed by atoms with Crippen LogP contribution in [0.5, 0.6) is 0 Å². The lowest BCUT2D eigenvalue weighted by atomic mass is 9.93. The molecule has 0 bridgehead atoms. The van der Waals surface area contributed by atoms with E-state index in [0.29, 0.717) is 24.4 Å². The van der Waals surface area contributed by atoms with Crippen LogP contribution in [-0.4, -0.2) is 53.0 Å². The Morgan fingerprint density at radius 1 is 0.889 bits per heavy atom. The van der Waals surface area contributed by atoms with Gasteiger partial charge >= 0.3 is 6.09 Å². The average Bonchev–Trinajstić information content (AvgIpc) is 2.98. The summed E-state index contributed by atoms with van der Waals surface area (Å²) < 4.78 is 5.54. The van der Waals surface area contributed by atoms with Crippen molar-refractivity contribution in [3.05, 3.63) is 77.4 Å². The van der Waals surface area contributed by atoms with Crippen molar-refractivity contribution in [2.45, 2.75) is 97.8 Å². The number of nitrogens with zero attached hydrogens (tertiary/aromatic N) is 1. The van der Waals surface area contributed by atoms with Gasteiger partial charge in [0, 0.05) is 12.2 Å². The van der Waals surface area contributed by atoms with Gasteiger partial charge in [0.1, 0.15) is 17.7 Å². The third-order valence-corrected chi connectivity index (χ3v) is 8.42. The van der Waals surface area contributed by atoms with Crippen molar-refractivity contribution >= 4 is 46.1 Å². The van der Waals surface area contributed by atoms with E-state index < -0.39 is 23.8 Å². The summed E-state index contributed by atoms with van der Waals surface area (Å²) in [5.41, 5.74) is 2.61. The number of thioether (sulfide) groups is 1. The highest BCUT2D eigenvalue weighted by atomic mass is 32.2. The molecule has 0 saturated carbocycles. The smallest absolute Gasteiger partial charge is 0.408 e. The predicted octanol–water partition coefficient (Wildman–Crippen LogP) is 8.58. The van der Waals surface area contributed by atoms with Gasteiger partial charge in [-0.15, -0.1) is 0 Å². The molecule has 0 fully saturated rings. The third kappa shape index (κ3) is 10.8. The Bertz CT molecular complexity index is 1410. The molecule has 0 saturated heterocycles. The largest absolute Gasteiger partial charge is 0.444 e. The van der Waals surface area contributed by atoms with Crippen molar-refractivity contribution in [3.63, 3.8) is 0 Å². The molecule has 2 N–H and O–H groups in total. The second-order valence-electron chi connectivity index (χ2n) is 12.7. The minimum Gasteiger partial charge on any atom is -0.444 e. The number of aryl methyl sites for hydroxylation is 2. The van der Waals surface area contributed by atoms with Gasteiger partial charge in [-0.05, 0) is 99.1 Å². The molecule has 3 aromatic carbocycles. The molecule has 0 spiro atoms. The summed E-state index contributed by atoms with van der Waals surface area (Å²) in [5.74, 6) is 0.0886. The zero-order valence-corrected chi connectivity index (χ0v) is 28.9. The molecule has 45 heavy (non-hydrogen) atoms. The normalized spacial score (nSPS) is 12.8. The summed E-state index contributed by atoms with van der Waals surface area (Å²) >= 11 is 1.60. The van der Waals surface area contributed by atoms with Gasteiger partial charge in [-0.1, -0.05) is 81.1 Å². The number of amides is 3. The molecular formula is C37H51N3O4S. The molecule has 0 radical (unpaired) electrons. The average molecular weight is 634 g/mol. The number of anilines is 1. The van der Waals surface area contributed by atoms with E-state index in [2.05, 4.69) is 17.6 Å². The van der Waals surface area contributed by atoms with Crippen LogP contribution in [0.3, 0.4) is 0 Å². The zero-order chi connectivity index (χ0) is 33.0. The molecule has 244 valence electrons. The fraction of sp³-hybridized carbons (Fsp3) is 0.486. The highest BCUT2D eigenvalue weighted by molar-refractivity contribution is 7.98. The molecule has 0 aliphatic carbocycles. The monoisotopic (exact) mass is 633 g/mol. The summed E-state index contributed by atoms with van der Waals surface area (Å²) in [6.45, 7) is 11.9. The molecule has 0 aromatic heterocycles. The minimum atomic E-state index is -0.895. The maximum absolute atomic E-state index is 14.6. The highest BCUT2D eigenvalue weighted by Crippen LogP contribution is 2.31. The van der Waals surface area contributed by atoms with Crippen molar-refractivity contribution in [1.82, 2.24) is 10.2 Å². The van der Waals surface area contributed by atoms with E-state index in [-0.39, 0.29) is 11.8 Å². The molecule has 2 atom stereocenters. The van der Waals surface area contributed by atoms with E-state index in [1.54, 1.807) is 37.4 Å². The quantitative estimate of drug-likeness (QED) is 0.164. The number of carbonyl (C=O) groups is 3. The molecule has 0 aliphatic rings. The van der Waals surface area contributed by atoms with Gasteiger partial charge in [0.15, 0.2) is 0 Å². The summed E-state index contributed by atoms with van der Waals surface area (Å²) in [6.07, 6.45) is 6.72. The number of carbonyl (C=O) groups excluding carboxylic acids is 3. The van der Waals surface area contributed by atoms with Crippen molar-refractivity contribution in [1.29, 1.82) is 0 Å². The maximum Gasteiger partial charge on any atom is 0.408 e. The number of hydrogen-bond acceptors (Lipinski definition) is 5. The number of hydrogen-bond donors (Lipinski definition) is 2. The Hall–Kier alpha value is -3.52. The number of benzene rings is 3. The fourth-order valence-corrected chi connectivity index (χ4v) is 6.03. The van der Waals surface area contributed by atoms with Crippen molar-refractivity contribution in [2.75, 3.05) is 23.9 Å². The number of alkyl carbamates (subject to hydrolysis) is 1. The first-order valence-corrected chi connectivity index (χ1v) is 17.5. The summed E-state index contributed by atoms with van der Waals surface area (Å²) in [5, 5.41) is 8.08. The summed E-state index contributed by atoms with van der Waals surface area (Å²) in [6, 6.07) is 18.0. The number of unbranched alkanes of at least 4 members (excludes halogenated alkanes) is 4.